The zero-order valence-electron chi connectivity index (χ0n) is 9.65. The molecule has 0 aromatic carbocycles. The second kappa shape index (κ2) is 7.56. The van der Waals surface area contributed by atoms with Crippen molar-refractivity contribution in [2.75, 3.05) is 26.4 Å². The summed E-state index contributed by atoms with van der Waals surface area (Å²) in [6.45, 7) is 0.741. The minimum Gasteiger partial charge on any atom is -0.394 e. The Bertz CT molecular complexity index is 199. The fourth-order valence-corrected chi connectivity index (χ4v) is 1.21. The van der Waals surface area contributed by atoms with E-state index in [1.807, 2.05) is 0 Å². The molecule has 1 unspecified atom stereocenters. The maximum absolute atomic E-state index is 11.7. The Morgan fingerprint density at radius 1 is 1.31 bits per heavy atom. The van der Waals surface area contributed by atoms with Crippen LogP contribution < -0.4 is 11.1 Å². The Morgan fingerprint density at radius 3 is 2.19 bits per heavy atom. The molecule has 1 atom stereocenters. The van der Waals surface area contributed by atoms with E-state index in [1.54, 1.807) is 6.92 Å². The molecule has 0 radical (unpaired) electrons. The monoisotopic (exact) mass is 234 g/mol. The highest BCUT2D eigenvalue weighted by atomic mass is 16.3. The molecule has 16 heavy (non-hydrogen) atoms. The van der Waals surface area contributed by atoms with Gasteiger partial charge in [-0.05, 0) is 19.4 Å². The van der Waals surface area contributed by atoms with Gasteiger partial charge in [-0.2, -0.15) is 0 Å². The van der Waals surface area contributed by atoms with Crippen molar-refractivity contribution in [1.82, 2.24) is 5.32 Å². The number of nitrogens with one attached hydrogen (secondary N) is 1. The van der Waals surface area contributed by atoms with Gasteiger partial charge < -0.3 is 26.4 Å². The minimum atomic E-state index is -1.34. The number of aliphatic hydroxyl groups excluding tert-OH is 3. The van der Waals surface area contributed by atoms with Crippen LogP contribution >= 0.6 is 0 Å². The number of carbonyl (C=O) groups excluding carboxylic acids is 1. The third-order valence-corrected chi connectivity index (χ3v) is 2.59. The zero-order valence-corrected chi connectivity index (χ0v) is 9.65. The van der Waals surface area contributed by atoms with Crippen LogP contribution in [-0.2, 0) is 4.79 Å². The largest absolute Gasteiger partial charge is 0.394 e. The van der Waals surface area contributed by atoms with Crippen molar-refractivity contribution in [3.63, 3.8) is 0 Å². The molecule has 96 valence electrons. The molecule has 0 aromatic rings. The molecule has 0 aromatic heterocycles. The third-order valence-electron chi connectivity index (χ3n) is 2.59. The molecule has 6 N–H and O–H groups in total. The number of amides is 1. The van der Waals surface area contributed by atoms with E-state index in [4.69, 9.17) is 21.1 Å². The number of hydrogen-bond acceptors (Lipinski definition) is 5. The van der Waals surface area contributed by atoms with E-state index in [2.05, 4.69) is 5.32 Å². The number of rotatable bonds is 8. The molecule has 6 heteroatoms. The lowest BCUT2D eigenvalue weighted by Gasteiger charge is -2.30. The van der Waals surface area contributed by atoms with Gasteiger partial charge in [-0.15, -0.1) is 0 Å². The van der Waals surface area contributed by atoms with Gasteiger partial charge in [0.2, 0.25) is 5.91 Å². The van der Waals surface area contributed by atoms with E-state index in [9.17, 15) is 4.79 Å². The molecule has 6 nitrogen and oxygen atoms in total. The molecule has 0 aliphatic heterocycles. The van der Waals surface area contributed by atoms with Crippen LogP contribution in [0, 0.1) is 5.92 Å². The lowest BCUT2D eigenvalue weighted by Crippen LogP contribution is -2.58. The van der Waals surface area contributed by atoms with E-state index in [0.29, 0.717) is 13.0 Å². The molecule has 0 bridgehead atoms. The standard InChI is InChI=1S/C10H22N2O4/c1-8(3-2-4-11)9(16)12-10(5-13,6-14)7-15/h8,13-15H,2-7,11H2,1H3,(H,12,16). The van der Waals surface area contributed by atoms with E-state index in [-0.39, 0.29) is 11.8 Å². The second-order valence-corrected chi connectivity index (χ2v) is 4.08. The van der Waals surface area contributed by atoms with Gasteiger partial charge in [0.1, 0.15) is 5.54 Å². The number of aliphatic hydroxyl groups is 3. The molecular formula is C10H22N2O4. The molecule has 0 rings (SSSR count). The lowest BCUT2D eigenvalue weighted by atomic mass is 9.99. The Morgan fingerprint density at radius 2 is 1.81 bits per heavy atom. The topological polar surface area (TPSA) is 116 Å². The average Bonchev–Trinajstić information content (AvgIpc) is 2.32. The smallest absolute Gasteiger partial charge is 0.223 e. The summed E-state index contributed by atoms with van der Waals surface area (Å²) in [7, 11) is 0. The first kappa shape index (κ1) is 15.3. The maximum atomic E-state index is 11.7. The first-order valence-corrected chi connectivity index (χ1v) is 5.40. The van der Waals surface area contributed by atoms with Crippen LogP contribution in [0.25, 0.3) is 0 Å². The van der Waals surface area contributed by atoms with Crippen LogP contribution in [0.1, 0.15) is 19.8 Å². The Kier molecular flexibility index (Phi) is 7.24. The van der Waals surface area contributed by atoms with Crippen LogP contribution in [0.3, 0.4) is 0 Å². The highest BCUT2D eigenvalue weighted by Gasteiger charge is 2.31. The summed E-state index contributed by atoms with van der Waals surface area (Å²) in [5, 5.41) is 29.5. The number of carbonyl (C=O) groups is 1. The van der Waals surface area contributed by atoms with Crippen molar-refractivity contribution in [3.8, 4) is 0 Å². The number of nitrogens with two attached hydrogens (primary N) is 1. The predicted octanol–water partition coefficient (Wildman–Crippen LogP) is -1.81. The Labute approximate surface area is 95.5 Å². The molecule has 0 fully saturated rings. The van der Waals surface area contributed by atoms with Crippen LogP contribution in [-0.4, -0.2) is 53.1 Å². The molecule has 0 spiro atoms. The molecule has 0 heterocycles. The van der Waals surface area contributed by atoms with Crippen molar-refractivity contribution in [2.45, 2.75) is 25.3 Å². The summed E-state index contributed by atoms with van der Waals surface area (Å²) in [5.41, 5.74) is 3.99. The fourth-order valence-electron chi connectivity index (χ4n) is 1.21. The van der Waals surface area contributed by atoms with Crippen LogP contribution in [0.4, 0.5) is 0 Å². The first-order chi connectivity index (χ1) is 7.55. The van der Waals surface area contributed by atoms with Gasteiger partial charge in [0.25, 0.3) is 0 Å². The second-order valence-electron chi connectivity index (χ2n) is 4.08. The molecule has 0 saturated carbocycles. The Hall–Kier alpha value is -0.690. The summed E-state index contributed by atoms with van der Waals surface area (Å²) in [6.07, 6.45) is 1.37. The van der Waals surface area contributed by atoms with Gasteiger partial charge in [-0.3, -0.25) is 4.79 Å². The van der Waals surface area contributed by atoms with Crippen LogP contribution in [0.15, 0.2) is 0 Å². The zero-order chi connectivity index (χ0) is 12.6. The van der Waals surface area contributed by atoms with Crippen molar-refractivity contribution in [3.05, 3.63) is 0 Å². The SMILES string of the molecule is CC(CCCN)C(=O)NC(CO)(CO)CO. The molecule has 0 saturated heterocycles. The van der Waals surface area contributed by atoms with Crippen LogP contribution in [0.2, 0.25) is 0 Å². The van der Waals surface area contributed by atoms with E-state index < -0.39 is 25.4 Å². The highest BCUT2D eigenvalue weighted by molar-refractivity contribution is 5.79. The van der Waals surface area contributed by atoms with E-state index in [0.717, 1.165) is 6.42 Å². The maximum Gasteiger partial charge on any atom is 0.223 e. The van der Waals surface area contributed by atoms with Crippen molar-refractivity contribution in [2.24, 2.45) is 11.7 Å². The summed E-state index contributed by atoms with van der Waals surface area (Å²) in [6, 6.07) is 0. The summed E-state index contributed by atoms with van der Waals surface area (Å²) in [4.78, 5) is 11.7. The van der Waals surface area contributed by atoms with Gasteiger partial charge in [0.05, 0.1) is 19.8 Å². The van der Waals surface area contributed by atoms with E-state index >= 15 is 0 Å². The summed E-state index contributed by atoms with van der Waals surface area (Å²) in [5.74, 6) is -0.557. The summed E-state index contributed by atoms with van der Waals surface area (Å²) < 4.78 is 0. The Balaban J connectivity index is 4.28. The summed E-state index contributed by atoms with van der Waals surface area (Å²) >= 11 is 0. The highest BCUT2D eigenvalue weighted by Crippen LogP contribution is 2.08. The van der Waals surface area contributed by atoms with Gasteiger partial charge in [-0.1, -0.05) is 6.92 Å². The normalized spacial score (nSPS) is 13.6. The van der Waals surface area contributed by atoms with Crippen molar-refractivity contribution < 1.29 is 20.1 Å². The van der Waals surface area contributed by atoms with Gasteiger partial charge >= 0.3 is 0 Å². The van der Waals surface area contributed by atoms with Gasteiger partial charge in [0.15, 0.2) is 0 Å². The molecular weight excluding hydrogens is 212 g/mol. The van der Waals surface area contributed by atoms with Crippen molar-refractivity contribution in [1.29, 1.82) is 0 Å². The third kappa shape index (κ3) is 4.44. The molecule has 0 aliphatic rings. The first-order valence-electron chi connectivity index (χ1n) is 5.40. The van der Waals surface area contributed by atoms with Crippen LogP contribution in [0.5, 0.6) is 0 Å². The quantitative estimate of drug-likeness (QED) is 0.339. The van der Waals surface area contributed by atoms with Gasteiger partial charge in [-0.25, -0.2) is 0 Å². The lowest BCUT2D eigenvalue weighted by molar-refractivity contribution is -0.129. The molecule has 1 amide bonds. The fraction of sp³-hybridized carbons (Fsp3) is 0.900. The number of hydrogen-bond donors (Lipinski definition) is 5. The predicted molar refractivity (Wildman–Crippen MR) is 59.6 cm³/mol. The molecule has 0 aliphatic carbocycles. The van der Waals surface area contributed by atoms with E-state index in [1.165, 1.54) is 0 Å². The average molecular weight is 234 g/mol. The van der Waals surface area contributed by atoms with Gasteiger partial charge in [0, 0.05) is 5.92 Å². The minimum absolute atomic E-state index is 0.257. The van der Waals surface area contributed by atoms with Crippen molar-refractivity contribution >= 4 is 5.91 Å².